The Morgan fingerprint density at radius 2 is 2.00 bits per heavy atom. The van der Waals surface area contributed by atoms with Crippen molar-refractivity contribution in [2.75, 3.05) is 13.2 Å². The van der Waals surface area contributed by atoms with Crippen molar-refractivity contribution in [3.05, 3.63) is 29.3 Å². The van der Waals surface area contributed by atoms with Gasteiger partial charge in [0.25, 0.3) is 0 Å². The molecule has 76 valence electrons. The Hall–Kier alpha value is -0.770. The fourth-order valence-electron chi connectivity index (χ4n) is 1.36. The molecule has 2 N–H and O–H groups in total. The molecule has 4 heteroatoms. The summed E-state index contributed by atoms with van der Waals surface area (Å²) in [5.74, 6) is 0.778. The van der Waals surface area contributed by atoms with Crippen LogP contribution >= 0.6 is 11.6 Å². The quantitative estimate of drug-likeness (QED) is 0.809. The van der Waals surface area contributed by atoms with Crippen LogP contribution in [-0.2, 0) is 4.74 Å². The highest BCUT2D eigenvalue weighted by atomic mass is 35.5. The maximum Gasteiger partial charge on any atom is 0.139 e. The van der Waals surface area contributed by atoms with Crippen LogP contribution in [0.15, 0.2) is 24.3 Å². The first kappa shape index (κ1) is 9.77. The Morgan fingerprint density at radius 3 is 2.57 bits per heavy atom. The van der Waals surface area contributed by atoms with Crippen LogP contribution in [0.5, 0.6) is 5.75 Å². The molecule has 1 aromatic carbocycles. The lowest BCUT2D eigenvalue weighted by Gasteiger charge is -2.15. The molecule has 2 rings (SSSR count). The third kappa shape index (κ3) is 2.18. The van der Waals surface area contributed by atoms with Gasteiger partial charge in [-0.3, -0.25) is 0 Å². The van der Waals surface area contributed by atoms with E-state index in [0.717, 1.165) is 5.75 Å². The van der Waals surface area contributed by atoms with Crippen molar-refractivity contribution in [2.24, 2.45) is 5.73 Å². The van der Waals surface area contributed by atoms with E-state index >= 15 is 0 Å². The average molecular weight is 214 g/mol. The molecule has 0 aliphatic carbocycles. The minimum atomic E-state index is -0.0452. The molecule has 0 spiro atoms. The summed E-state index contributed by atoms with van der Waals surface area (Å²) in [4.78, 5) is 0. The summed E-state index contributed by atoms with van der Waals surface area (Å²) in [6.07, 6.45) is -0.0452. The molecular formula is C10H12ClNO2. The normalized spacial score (nSPS) is 26.4. The Morgan fingerprint density at radius 1 is 1.29 bits per heavy atom. The molecule has 0 radical (unpaired) electrons. The van der Waals surface area contributed by atoms with Crippen LogP contribution in [-0.4, -0.2) is 25.4 Å². The van der Waals surface area contributed by atoms with E-state index in [2.05, 4.69) is 0 Å². The number of ether oxygens (including phenoxy) is 2. The molecule has 0 saturated carbocycles. The molecule has 1 aliphatic rings. The molecule has 1 aromatic rings. The predicted molar refractivity (Wildman–Crippen MR) is 54.7 cm³/mol. The lowest BCUT2D eigenvalue weighted by atomic mass is 10.2. The van der Waals surface area contributed by atoms with Gasteiger partial charge in [0.15, 0.2) is 0 Å². The highest BCUT2D eigenvalue weighted by Crippen LogP contribution is 2.19. The molecule has 1 saturated heterocycles. The van der Waals surface area contributed by atoms with Crippen LogP contribution < -0.4 is 10.5 Å². The monoisotopic (exact) mass is 213 g/mol. The minimum absolute atomic E-state index is 0.0364. The fourth-order valence-corrected chi connectivity index (χ4v) is 1.49. The van der Waals surface area contributed by atoms with Crippen molar-refractivity contribution >= 4 is 11.6 Å². The molecule has 1 aliphatic heterocycles. The molecule has 1 heterocycles. The van der Waals surface area contributed by atoms with Crippen LogP contribution in [0, 0.1) is 0 Å². The first-order chi connectivity index (χ1) is 6.75. The SMILES string of the molecule is NC1COCC1Oc1ccc(Cl)cc1. The van der Waals surface area contributed by atoms with Crippen LogP contribution in [0.3, 0.4) is 0 Å². The highest BCUT2D eigenvalue weighted by Gasteiger charge is 2.26. The van der Waals surface area contributed by atoms with E-state index in [1.807, 2.05) is 12.1 Å². The van der Waals surface area contributed by atoms with Crippen molar-refractivity contribution in [3.63, 3.8) is 0 Å². The van der Waals surface area contributed by atoms with Gasteiger partial charge in [0.05, 0.1) is 19.3 Å². The van der Waals surface area contributed by atoms with Gasteiger partial charge < -0.3 is 15.2 Å². The largest absolute Gasteiger partial charge is 0.486 e. The molecule has 0 amide bonds. The lowest BCUT2D eigenvalue weighted by Crippen LogP contribution is -2.37. The van der Waals surface area contributed by atoms with E-state index in [4.69, 9.17) is 26.8 Å². The van der Waals surface area contributed by atoms with E-state index < -0.39 is 0 Å². The second-order valence-corrected chi connectivity index (χ2v) is 3.75. The highest BCUT2D eigenvalue weighted by molar-refractivity contribution is 6.30. The van der Waals surface area contributed by atoms with E-state index in [1.54, 1.807) is 12.1 Å². The van der Waals surface area contributed by atoms with E-state index in [1.165, 1.54) is 0 Å². The number of hydrogen-bond acceptors (Lipinski definition) is 3. The van der Waals surface area contributed by atoms with Gasteiger partial charge in [-0.15, -0.1) is 0 Å². The topological polar surface area (TPSA) is 44.5 Å². The maximum absolute atomic E-state index is 5.78. The Balaban J connectivity index is 2.00. The van der Waals surface area contributed by atoms with E-state index in [9.17, 15) is 0 Å². The average Bonchev–Trinajstić information content (AvgIpc) is 2.56. The summed E-state index contributed by atoms with van der Waals surface area (Å²) in [7, 11) is 0. The Bertz CT molecular complexity index is 301. The zero-order valence-corrected chi connectivity index (χ0v) is 8.41. The van der Waals surface area contributed by atoms with Gasteiger partial charge in [-0.2, -0.15) is 0 Å². The molecule has 14 heavy (non-hydrogen) atoms. The maximum atomic E-state index is 5.78. The van der Waals surface area contributed by atoms with Crippen molar-refractivity contribution in [2.45, 2.75) is 12.1 Å². The summed E-state index contributed by atoms with van der Waals surface area (Å²) >= 11 is 5.75. The Kier molecular flexibility index (Phi) is 2.91. The molecule has 2 unspecified atom stereocenters. The van der Waals surface area contributed by atoms with Crippen molar-refractivity contribution in [3.8, 4) is 5.75 Å². The molecule has 1 fully saturated rings. The van der Waals surface area contributed by atoms with Gasteiger partial charge in [-0.05, 0) is 24.3 Å². The van der Waals surface area contributed by atoms with Gasteiger partial charge in [-0.25, -0.2) is 0 Å². The van der Waals surface area contributed by atoms with Gasteiger partial charge in [0.2, 0.25) is 0 Å². The van der Waals surface area contributed by atoms with E-state index in [-0.39, 0.29) is 12.1 Å². The molecule has 3 nitrogen and oxygen atoms in total. The summed E-state index contributed by atoms with van der Waals surface area (Å²) in [5.41, 5.74) is 5.78. The summed E-state index contributed by atoms with van der Waals surface area (Å²) in [6.45, 7) is 1.13. The molecule has 0 bridgehead atoms. The number of hydrogen-bond donors (Lipinski definition) is 1. The zero-order chi connectivity index (χ0) is 9.97. The molecule has 2 atom stereocenters. The van der Waals surface area contributed by atoms with Crippen LogP contribution in [0.2, 0.25) is 5.02 Å². The van der Waals surface area contributed by atoms with Crippen molar-refractivity contribution in [1.29, 1.82) is 0 Å². The molecule has 0 aromatic heterocycles. The van der Waals surface area contributed by atoms with Crippen LogP contribution in [0.4, 0.5) is 0 Å². The summed E-state index contributed by atoms with van der Waals surface area (Å²) in [5, 5.41) is 0.698. The smallest absolute Gasteiger partial charge is 0.139 e. The van der Waals surface area contributed by atoms with Gasteiger partial charge >= 0.3 is 0 Å². The van der Waals surface area contributed by atoms with Gasteiger partial charge in [0.1, 0.15) is 11.9 Å². The first-order valence-electron chi connectivity index (χ1n) is 4.51. The third-order valence-electron chi connectivity index (χ3n) is 2.17. The predicted octanol–water partition coefficient (Wildman–Crippen LogP) is 1.44. The number of rotatable bonds is 2. The second kappa shape index (κ2) is 4.17. The summed E-state index contributed by atoms with van der Waals surface area (Å²) in [6, 6.07) is 7.20. The Labute approximate surface area is 87.8 Å². The zero-order valence-electron chi connectivity index (χ0n) is 7.65. The minimum Gasteiger partial charge on any atom is -0.486 e. The number of benzene rings is 1. The van der Waals surface area contributed by atoms with E-state index in [0.29, 0.717) is 18.2 Å². The van der Waals surface area contributed by atoms with Crippen LogP contribution in [0.25, 0.3) is 0 Å². The van der Waals surface area contributed by atoms with Crippen LogP contribution in [0.1, 0.15) is 0 Å². The summed E-state index contributed by atoms with van der Waals surface area (Å²) < 4.78 is 10.8. The fraction of sp³-hybridized carbons (Fsp3) is 0.400. The van der Waals surface area contributed by atoms with Gasteiger partial charge in [0, 0.05) is 5.02 Å². The first-order valence-corrected chi connectivity index (χ1v) is 4.89. The standard InChI is InChI=1S/C10H12ClNO2/c11-7-1-3-8(4-2-7)14-10-6-13-5-9(10)12/h1-4,9-10H,5-6,12H2. The third-order valence-corrected chi connectivity index (χ3v) is 2.42. The molecular weight excluding hydrogens is 202 g/mol. The van der Waals surface area contributed by atoms with Gasteiger partial charge in [-0.1, -0.05) is 11.6 Å². The second-order valence-electron chi connectivity index (χ2n) is 3.31. The number of nitrogens with two attached hydrogens (primary N) is 1. The lowest BCUT2D eigenvalue weighted by molar-refractivity contribution is 0.140. The number of halogens is 1. The van der Waals surface area contributed by atoms with Crippen molar-refractivity contribution in [1.82, 2.24) is 0 Å². The van der Waals surface area contributed by atoms with Crippen molar-refractivity contribution < 1.29 is 9.47 Å².